The highest BCUT2D eigenvalue weighted by Gasteiger charge is 2.24. The van der Waals surface area contributed by atoms with Crippen molar-refractivity contribution in [2.75, 3.05) is 10.6 Å². The van der Waals surface area contributed by atoms with Gasteiger partial charge in [0.25, 0.3) is 0 Å². The summed E-state index contributed by atoms with van der Waals surface area (Å²) in [5.74, 6) is 0.833. The van der Waals surface area contributed by atoms with E-state index >= 15 is 0 Å². The third kappa shape index (κ3) is 7.28. The molecule has 174 valence electrons. The first-order valence-corrected chi connectivity index (χ1v) is 11.5. The molecule has 0 fully saturated rings. The van der Waals surface area contributed by atoms with Gasteiger partial charge in [-0.1, -0.05) is 36.4 Å². The molecule has 0 aliphatic carbocycles. The van der Waals surface area contributed by atoms with E-state index in [1.807, 2.05) is 65.0 Å². The number of thiazole rings is 1. The molecule has 9 heteroatoms. The molecule has 3 rings (SSSR count). The summed E-state index contributed by atoms with van der Waals surface area (Å²) in [6.07, 6.45) is -0.409. The number of urea groups is 1. The maximum Gasteiger partial charge on any atom is 0.410 e. The molecule has 8 nitrogen and oxygen atoms in total. The summed E-state index contributed by atoms with van der Waals surface area (Å²) < 4.78 is 5.50. The van der Waals surface area contributed by atoms with Crippen LogP contribution < -0.4 is 10.6 Å². The number of carbonyl (C=O) groups excluding carboxylic acids is 2. The number of nitrogens with zero attached hydrogens (tertiary/aromatic N) is 3. The van der Waals surface area contributed by atoms with Crippen LogP contribution in [0.4, 0.5) is 21.2 Å². The zero-order chi connectivity index (χ0) is 24.0. The monoisotopic (exact) mass is 467 g/mol. The number of ether oxygens (including phenoxy) is 1. The van der Waals surface area contributed by atoms with Gasteiger partial charge in [0.2, 0.25) is 0 Å². The van der Waals surface area contributed by atoms with Crippen LogP contribution >= 0.6 is 11.3 Å². The van der Waals surface area contributed by atoms with Gasteiger partial charge in [0.05, 0.1) is 12.2 Å². The van der Waals surface area contributed by atoms with E-state index in [9.17, 15) is 9.59 Å². The van der Waals surface area contributed by atoms with E-state index < -0.39 is 17.7 Å². The van der Waals surface area contributed by atoms with Crippen LogP contribution in [0.25, 0.3) is 10.6 Å². The quantitative estimate of drug-likeness (QED) is 0.464. The highest BCUT2D eigenvalue weighted by molar-refractivity contribution is 7.13. The smallest absolute Gasteiger partial charge is 0.410 e. The van der Waals surface area contributed by atoms with Crippen molar-refractivity contribution < 1.29 is 14.3 Å². The Labute approximate surface area is 198 Å². The maximum absolute atomic E-state index is 12.6. The van der Waals surface area contributed by atoms with Crippen molar-refractivity contribution in [3.05, 3.63) is 59.6 Å². The summed E-state index contributed by atoms with van der Waals surface area (Å²) in [6, 6.07) is 14.5. The van der Waals surface area contributed by atoms with E-state index in [4.69, 9.17) is 4.74 Å². The molecule has 0 aliphatic rings. The highest BCUT2D eigenvalue weighted by atomic mass is 32.1. The lowest BCUT2D eigenvalue weighted by molar-refractivity contribution is 0.0169. The molecule has 0 aliphatic heterocycles. The Bertz CT molecular complexity index is 1090. The van der Waals surface area contributed by atoms with E-state index in [2.05, 4.69) is 20.6 Å². The second kappa shape index (κ2) is 10.4. The Hall–Kier alpha value is -3.46. The number of amides is 3. The lowest BCUT2D eigenvalue weighted by Crippen LogP contribution is -2.40. The number of benzene rings is 1. The van der Waals surface area contributed by atoms with Crippen molar-refractivity contribution in [3.8, 4) is 10.6 Å². The molecule has 2 heterocycles. The SMILES string of the molecule is CC(C)N(Cc1cccc(NC(=O)Nc2csc(-c3ccccc3)n2)n1)C(=O)OC(C)(C)C. The van der Waals surface area contributed by atoms with Gasteiger partial charge in [-0.15, -0.1) is 11.3 Å². The van der Waals surface area contributed by atoms with Gasteiger partial charge < -0.3 is 4.74 Å². The molecule has 33 heavy (non-hydrogen) atoms. The van der Waals surface area contributed by atoms with E-state index in [-0.39, 0.29) is 12.6 Å². The van der Waals surface area contributed by atoms with E-state index in [1.54, 1.807) is 28.5 Å². The first-order valence-electron chi connectivity index (χ1n) is 10.7. The van der Waals surface area contributed by atoms with Crippen LogP contribution in [0.3, 0.4) is 0 Å². The van der Waals surface area contributed by atoms with Crippen LogP contribution in [0.15, 0.2) is 53.9 Å². The minimum atomic E-state index is -0.588. The van der Waals surface area contributed by atoms with Gasteiger partial charge in [-0.25, -0.2) is 19.6 Å². The summed E-state index contributed by atoms with van der Waals surface area (Å²) in [4.78, 5) is 35.5. The third-order valence-electron chi connectivity index (χ3n) is 4.40. The Balaban J connectivity index is 1.63. The van der Waals surface area contributed by atoms with Crippen LogP contribution in [0.1, 0.15) is 40.3 Å². The van der Waals surface area contributed by atoms with E-state index in [1.165, 1.54) is 11.3 Å². The summed E-state index contributed by atoms with van der Waals surface area (Å²) in [5.41, 5.74) is 1.03. The lowest BCUT2D eigenvalue weighted by atomic mass is 10.2. The molecular weight excluding hydrogens is 438 g/mol. The molecule has 0 radical (unpaired) electrons. The van der Waals surface area contributed by atoms with Crippen molar-refractivity contribution >= 4 is 35.1 Å². The summed E-state index contributed by atoms with van der Waals surface area (Å²) in [6.45, 7) is 9.58. The van der Waals surface area contributed by atoms with Crippen molar-refractivity contribution in [2.24, 2.45) is 0 Å². The van der Waals surface area contributed by atoms with Crippen LogP contribution in [0.5, 0.6) is 0 Å². The molecule has 2 N–H and O–H groups in total. The molecule has 3 amide bonds. The zero-order valence-corrected chi connectivity index (χ0v) is 20.3. The second-order valence-electron chi connectivity index (χ2n) is 8.70. The first-order chi connectivity index (χ1) is 15.6. The van der Waals surface area contributed by atoms with E-state index in [0.29, 0.717) is 17.3 Å². The highest BCUT2D eigenvalue weighted by Crippen LogP contribution is 2.25. The van der Waals surface area contributed by atoms with Gasteiger partial charge in [-0.3, -0.25) is 15.5 Å². The second-order valence-corrected chi connectivity index (χ2v) is 9.56. The molecular formula is C24H29N5O3S. The fourth-order valence-corrected chi connectivity index (χ4v) is 3.66. The number of nitrogens with one attached hydrogen (secondary N) is 2. The number of aromatic nitrogens is 2. The lowest BCUT2D eigenvalue weighted by Gasteiger charge is -2.30. The fourth-order valence-electron chi connectivity index (χ4n) is 2.90. The van der Waals surface area contributed by atoms with Gasteiger partial charge in [-0.05, 0) is 46.8 Å². The van der Waals surface area contributed by atoms with Crippen LogP contribution in [0, 0.1) is 0 Å². The maximum atomic E-state index is 12.6. The number of pyridine rings is 1. The number of rotatable bonds is 6. The van der Waals surface area contributed by atoms with Gasteiger partial charge >= 0.3 is 12.1 Å². The predicted molar refractivity (Wildman–Crippen MR) is 131 cm³/mol. The van der Waals surface area contributed by atoms with Crippen molar-refractivity contribution in [1.82, 2.24) is 14.9 Å². The van der Waals surface area contributed by atoms with Crippen LogP contribution in [-0.4, -0.2) is 38.6 Å². The molecule has 0 atom stereocenters. The number of hydrogen-bond acceptors (Lipinski definition) is 6. The normalized spacial score (nSPS) is 11.2. The van der Waals surface area contributed by atoms with Crippen molar-refractivity contribution in [2.45, 2.75) is 52.8 Å². The third-order valence-corrected chi connectivity index (χ3v) is 5.29. The average Bonchev–Trinajstić information content (AvgIpc) is 3.19. The van der Waals surface area contributed by atoms with Gasteiger partial charge in [0.15, 0.2) is 0 Å². The Morgan fingerprint density at radius 1 is 1.00 bits per heavy atom. The van der Waals surface area contributed by atoms with E-state index in [0.717, 1.165) is 10.6 Å². The van der Waals surface area contributed by atoms with Gasteiger partial charge in [-0.2, -0.15) is 0 Å². The molecule has 0 unspecified atom stereocenters. The fraction of sp³-hybridized carbons (Fsp3) is 0.333. The first kappa shape index (κ1) is 24.2. The number of anilines is 2. The Kier molecular flexibility index (Phi) is 7.65. The molecule has 2 aromatic heterocycles. The Morgan fingerprint density at radius 2 is 1.70 bits per heavy atom. The molecule has 0 bridgehead atoms. The van der Waals surface area contributed by atoms with Crippen molar-refractivity contribution in [1.29, 1.82) is 0 Å². The van der Waals surface area contributed by atoms with Crippen molar-refractivity contribution in [3.63, 3.8) is 0 Å². The zero-order valence-electron chi connectivity index (χ0n) is 19.5. The predicted octanol–water partition coefficient (Wildman–Crippen LogP) is 5.99. The van der Waals surface area contributed by atoms with Gasteiger partial charge in [0, 0.05) is 17.0 Å². The minimum Gasteiger partial charge on any atom is -0.444 e. The largest absolute Gasteiger partial charge is 0.444 e. The molecule has 0 spiro atoms. The van der Waals surface area contributed by atoms with Gasteiger partial charge in [0.1, 0.15) is 22.2 Å². The average molecular weight is 468 g/mol. The standard InChI is InChI=1S/C24H29N5O3S/c1-16(2)29(23(31)32-24(3,4)5)14-18-12-9-13-19(25-18)27-22(30)28-20-15-33-21(26-20)17-10-7-6-8-11-17/h6-13,15-16H,14H2,1-5H3,(H2,25,27,28,30). The summed E-state index contributed by atoms with van der Waals surface area (Å²) in [7, 11) is 0. The minimum absolute atomic E-state index is 0.0787. The number of carbonyl (C=O) groups is 2. The number of hydrogen-bond donors (Lipinski definition) is 2. The molecule has 0 saturated heterocycles. The molecule has 1 aromatic carbocycles. The summed E-state index contributed by atoms with van der Waals surface area (Å²) >= 11 is 1.45. The van der Waals surface area contributed by atoms with Crippen LogP contribution in [-0.2, 0) is 11.3 Å². The van der Waals surface area contributed by atoms with Crippen LogP contribution in [0.2, 0.25) is 0 Å². The topological polar surface area (TPSA) is 96.5 Å². The molecule has 0 saturated carbocycles. The summed E-state index contributed by atoms with van der Waals surface area (Å²) in [5, 5.41) is 8.05. The Morgan fingerprint density at radius 3 is 2.36 bits per heavy atom. The molecule has 3 aromatic rings.